The molecule has 0 saturated carbocycles. The van der Waals surface area contributed by atoms with Crippen LogP contribution in [0.5, 0.6) is 0 Å². The Hall–Kier alpha value is -2.26. The van der Waals surface area contributed by atoms with Crippen molar-refractivity contribution in [2.24, 2.45) is 0 Å². The highest BCUT2D eigenvalue weighted by Gasteiger charge is 2.27. The average molecular weight is 499 g/mol. The molecule has 8 heteroatoms. The van der Waals surface area contributed by atoms with Crippen LogP contribution in [0.15, 0.2) is 70.5 Å². The predicted octanol–water partition coefficient (Wildman–Crippen LogP) is 4.81. The van der Waals surface area contributed by atoms with Crippen LogP contribution in [-0.4, -0.2) is 58.7 Å². The van der Waals surface area contributed by atoms with Crippen LogP contribution in [-0.2, 0) is 19.3 Å². The summed E-state index contributed by atoms with van der Waals surface area (Å²) in [5, 5.41) is 4.06. The summed E-state index contributed by atoms with van der Waals surface area (Å²) >= 11 is 3.59. The fourth-order valence-corrected chi connectivity index (χ4v) is 6.11. The third-order valence-electron chi connectivity index (χ3n) is 5.66. The van der Waals surface area contributed by atoms with Crippen molar-refractivity contribution in [3.63, 3.8) is 0 Å². The number of rotatable bonds is 8. The van der Waals surface area contributed by atoms with E-state index >= 15 is 0 Å². The lowest BCUT2D eigenvalue weighted by molar-refractivity contribution is -0.181. The van der Waals surface area contributed by atoms with E-state index in [1.54, 1.807) is 33.7 Å². The van der Waals surface area contributed by atoms with E-state index in [4.69, 9.17) is 9.68 Å². The highest BCUT2D eigenvalue weighted by Crippen LogP contribution is 2.31. The number of nitrogens with zero attached hydrogens (tertiary/aromatic N) is 2. The van der Waals surface area contributed by atoms with Crippen molar-refractivity contribution in [3.8, 4) is 0 Å². The first-order valence-electron chi connectivity index (χ1n) is 11.5. The van der Waals surface area contributed by atoms with E-state index in [9.17, 15) is 9.59 Å². The van der Waals surface area contributed by atoms with Gasteiger partial charge in [-0.25, -0.2) is 9.59 Å². The SMILES string of the molecule is Cc1ccc(SC2CCN(OC(=O)/C=C\C(=O)ON3CCC(Sc4ccc(C)cc4)C3)C2)cc1. The first kappa shape index (κ1) is 24.9. The molecule has 0 aliphatic carbocycles. The van der Waals surface area contributed by atoms with Gasteiger partial charge in [0.1, 0.15) is 0 Å². The Kier molecular flexibility index (Phi) is 8.72. The fourth-order valence-electron chi connectivity index (χ4n) is 3.82. The zero-order valence-corrected chi connectivity index (χ0v) is 21.1. The summed E-state index contributed by atoms with van der Waals surface area (Å²) in [5.74, 6) is -1.13. The minimum absolute atomic E-state index is 0.366. The van der Waals surface area contributed by atoms with Crippen LogP contribution in [0.25, 0.3) is 0 Å². The minimum Gasteiger partial charge on any atom is -0.364 e. The summed E-state index contributed by atoms with van der Waals surface area (Å²) in [5.41, 5.74) is 2.48. The molecule has 6 nitrogen and oxygen atoms in total. The fraction of sp³-hybridized carbons (Fsp3) is 0.385. The van der Waals surface area contributed by atoms with Gasteiger partial charge in [0.05, 0.1) is 0 Å². The van der Waals surface area contributed by atoms with Crippen molar-refractivity contribution >= 4 is 35.5 Å². The molecule has 2 aromatic carbocycles. The number of benzene rings is 2. The molecule has 180 valence electrons. The van der Waals surface area contributed by atoms with Crippen molar-refractivity contribution in [1.82, 2.24) is 10.1 Å². The van der Waals surface area contributed by atoms with Crippen LogP contribution in [0.2, 0.25) is 0 Å². The summed E-state index contributed by atoms with van der Waals surface area (Å²) in [6.07, 6.45) is 4.15. The van der Waals surface area contributed by atoms with Gasteiger partial charge in [-0.3, -0.25) is 0 Å². The molecule has 2 saturated heterocycles. The Morgan fingerprint density at radius 1 is 0.735 bits per heavy atom. The van der Waals surface area contributed by atoms with E-state index in [1.807, 2.05) is 0 Å². The largest absolute Gasteiger partial charge is 0.364 e. The van der Waals surface area contributed by atoms with Gasteiger partial charge in [0, 0.05) is 58.6 Å². The molecule has 2 unspecified atom stereocenters. The number of carbonyl (C=O) groups is 2. The number of hydrogen-bond donors (Lipinski definition) is 0. The Balaban J connectivity index is 1.14. The van der Waals surface area contributed by atoms with Crippen molar-refractivity contribution in [2.75, 3.05) is 26.2 Å². The smallest absolute Gasteiger partial charge is 0.349 e. The Morgan fingerprint density at radius 2 is 1.12 bits per heavy atom. The number of carbonyl (C=O) groups excluding carboxylic acids is 2. The van der Waals surface area contributed by atoms with E-state index in [1.165, 1.54) is 20.9 Å². The first-order valence-corrected chi connectivity index (χ1v) is 13.3. The molecule has 0 bridgehead atoms. The topological polar surface area (TPSA) is 59.1 Å². The molecule has 2 aromatic rings. The highest BCUT2D eigenvalue weighted by molar-refractivity contribution is 8.00. The number of thioether (sulfide) groups is 2. The van der Waals surface area contributed by atoms with Crippen LogP contribution >= 0.6 is 23.5 Å². The maximum absolute atomic E-state index is 12.1. The number of aryl methyl sites for hydroxylation is 2. The lowest BCUT2D eigenvalue weighted by Gasteiger charge is -2.15. The van der Waals surface area contributed by atoms with Gasteiger partial charge in [-0.2, -0.15) is 0 Å². The van der Waals surface area contributed by atoms with Gasteiger partial charge in [0.25, 0.3) is 0 Å². The van der Waals surface area contributed by atoms with Gasteiger partial charge >= 0.3 is 11.9 Å². The monoisotopic (exact) mass is 498 g/mol. The van der Waals surface area contributed by atoms with Crippen LogP contribution in [0.4, 0.5) is 0 Å². The van der Waals surface area contributed by atoms with E-state index in [2.05, 4.69) is 62.4 Å². The zero-order valence-electron chi connectivity index (χ0n) is 19.5. The molecule has 0 spiro atoms. The molecule has 34 heavy (non-hydrogen) atoms. The third kappa shape index (κ3) is 7.63. The number of hydrogen-bond acceptors (Lipinski definition) is 8. The zero-order chi connectivity index (χ0) is 23.9. The Morgan fingerprint density at radius 3 is 1.50 bits per heavy atom. The normalized spacial score (nSPS) is 21.2. The van der Waals surface area contributed by atoms with Gasteiger partial charge in [0.15, 0.2) is 0 Å². The van der Waals surface area contributed by atoms with Crippen LogP contribution in [0, 0.1) is 13.8 Å². The second-order valence-electron chi connectivity index (χ2n) is 8.61. The molecule has 4 rings (SSSR count). The van der Waals surface area contributed by atoms with Crippen LogP contribution in [0.1, 0.15) is 24.0 Å². The van der Waals surface area contributed by atoms with Gasteiger partial charge in [-0.15, -0.1) is 33.7 Å². The van der Waals surface area contributed by atoms with E-state index in [-0.39, 0.29) is 0 Å². The van der Waals surface area contributed by atoms with E-state index < -0.39 is 11.9 Å². The number of hydroxylamine groups is 4. The lowest BCUT2D eigenvalue weighted by atomic mass is 10.2. The second kappa shape index (κ2) is 11.9. The van der Waals surface area contributed by atoms with E-state index in [0.29, 0.717) is 36.7 Å². The molecule has 2 aliphatic heterocycles. The molecule has 0 radical (unpaired) electrons. The molecular formula is C26H30N2O4S2. The van der Waals surface area contributed by atoms with Crippen molar-refractivity contribution < 1.29 is 19.3 Å². The van der Waals surface area contributed by atoms with Crippen molar-refractivity contribution in [2.45, 2.75) is 47.0 Å². The summed E-state index contributed by atoms with van der Waals surface area (Å²) in [6.45, 7) is 6.83. The average Bonchev–Trinajstić information content (AvgIpc) is 3.44. The molecule has 0 N–H and O–H groups in total. The summed E-state index contributed by atoms with van der Waals surface area (Å²) < 4.78 is 0. The van der Waals surface area contributed by atoms with Crippen LogP contribution < -0.4 is 0 Å². The van der Waals surface area contributed by atoms with Gasteiger partial charge in [-0.05, 0) is 51.0 Å². The lowest BCUT2D eigenvalue weighted by Crippen LogP contribution is -2.26. The quantitative estimate of drug-likeness (QED) is 0.481. The van der Waals surface area contributed by atoms with E-state index in [0.717, 1.165) is 25.0 Å². The molecule has 2 aliphatic rings. The summed E-state index contributed by atoms with van der Waals surface area (Å²) in [6, 6.07) is 16.9. The van der Waals surface area contributed by atoms with Gasteiger partial charge in [0.2, 0.25) is 0 Å². The first-order chi connectivity index (χ1) is 16.4. The molecule has 2 atom stereocenters. The highest BCUT2D eigenvalue weighted by atomic mass is 32.2. The summed E-state index contributed by atoms with van der Waals surface area (Å²) in [4.78, 5) is 37.5. The Labute approximate surface area is 209 Å². The molecule has 2 fully saturated rings. The molecular weight excluding hydrogens is 468 g/mol. The maximum Gasteiger partial charge on any atom is 0.349 e. The standard InChI is InChI=1S/C26H30N2O4S2/c1-19-3-7-21(8-4-19)33-23-13-15-27(17-23)31-25(29)11-12-26(30)32-28-16-14-24(18-28)34-22-9-5-20(2)6-10-22/h3-12,23-24H,13-18H2,1-2H3/b12-11-. The van der Waals surface area contributed by atoms with Crippen molar-refractivity contribution in [3.05, 3.63) is 71.8 Å². The predicted molar refractivity (Wildman–Crippen MR) is 135 cm³/mol. The molecule has 0 amide bonds. The van der Waals surface area contributed by atoms with Gasteiger partial charge < -0.3 is 9.68 Å². The van der Waals surface area contributed by atoms with Crippen molar-refractivity contribution in [1.29, 1.82) is 0 Å². The summed E-state index contributed by atoms with van der Waals surface area (Å²) in [7, 11) is 0. The Bertz CT molecular complexity index is 929. The second-order valence-corrected chi connectivity index (χ2v) is 11.4. The molecule has 0 aromatic heterocycles. The van der Waals surface area contributed by atoms with Gasteiger partial charge in [-0.1, -0.05) is 35.4 Å². The molecule has 2 heterocycles. The third-order valence-corrected chi connectivity index (χ3v) is 8.18. The minimum atomic E-state index is -0.563. The van der Waals surface area contributed by atoms with Crippen LogP contribution in [0.3, 0.4) is 0 Å². The maximum atomic E-state index is 12.1.